The van der Waals surface area contributed by atoms with Gasteiger partial charge in [-0.05, 0) is 12.3 Å². The van der Waals surface area contributed by atoms with Crippen LogP contribution in [0.1, 0.15) is 30.8 Å². The Balaban J connectivity index is 2.31. The van der Waals surface area contributed by atoms with E-state index in [1.807, 2.05) is 0 Å². The maximum absolute atomic E-state index is 11.4. The number of amides is 1. The SMILES string of the molecule is CC(C)CCNC(=O)Cn1cc(C=O)nn1. The molecule has 1 N–H and O–H groups in total. The first-order valence-corrected chi connectivity index (χ1v) is 5.24. The molecule has 1 aromatic rings. The minimum Gasteiger partial charge on any atom is -0.354 e. The Labute approximate surface area is 94.0 Å². The molecule has 0 saturated heterocycles. The van der Waals surface area contributed by atoms with Gasteiger partial charge in [0.1, 0.15) is 12.2 Å². The Morgan fingerprint density at radius 2 is 2.38 bits per heavy atom. The molecular weight excluding hydrogens is 208 g/mol. The summed E-state index contributed by atoms with van der Waals surface area (Å²) in [7, 11) is 0. The second kappa shape index (κ2) is 5.99. The van der Waals surface area contributed by atoms with Crippen LogP contribution in [0.25, 0.3) is 0 Å². The zero-order valence-electron chi connectivity index (χ0n) is 9.51. The van der Waals surface area contributed by atoms with E-state index in [-0.39, 0.29) is 18.1 Å². The smallest absolute Gasteiger partial charge is 0.241 e. The molecule has 6 heteroatoms. The normalized spacial score (nSPS) is 10.4. The standard InChI is InChI=1S/C10H16N4O2/c1-8(2)3-4-11-10(16)6-14-5-9(7-15)12-13-14/h5,7-8H,3-4,6H2,1-2H3,(H,11,16). The van der Waals surface area contributed by atoms with Crippen LogP contribution in [-0.4, -0.2) is 33.7 Å². The van der Waals surface area contributed by atoms with E-state index in [1.165, 1.54) is 10.9 Å². The third-order valence-electron chi connectivity index (χ3n) is 2.03. The summed E-state index contributed by atoms with van der Waals surface area (Å²) in [6, 6.07) is 0. The quantitative estimate of drug-likeness (QED) is 0.703. The van der Waals surface area contributed by atoms with Gasteiger partial charge in [0.05, 0.1) is 6.20 Å². The van der Waals surface area contributed by atoms with Crippen molar-refractivity contribution in [2.75, 3.05) is 6.54 Å². The van der Waals surface area contributed by atoms with Crippen LogP contribution in [0.5, 0.6) is 0 Å². The highest BCUT2D eigenvalue weighted by Crippen LogP contribution is 1.96. The van der Waals surface area contributed by atoms with Gasteiger partial charge in [-0.1, -0.05) is 19.1 Å². The topological polar surface area (TPSA) is 76.9 Å². The maximum atomic E-state index is 11.4. The Morgan fingerprint density at radius 1 is 1.62 bits per heavy atom. The fraction of sp³-hybridized carbons (Fsp3) is 0.600. The van der Waals surface area contributed by atoms with Gasteiger partial charge in [0.25, 0.3) is 0 Å². The highest BCUT2D eigenvalue weighted by Gasteiger charge is 2.05. The summed E-state index contributed by atoms with van der Waals surface area (Å²) in [6.07, 6.45) is 2.98. The molecule has 0 unspecified atom stereocenters. The van der Waals surface area contributed by atoms with Crippen molar-refractivity contribution in [1.82, 2.24) is 20.3 Å². The minimum atomic E-state index is -0.122. The lowest BCUT2D eigenvalue weighted by molar-refractivity contribution is -0.121. The van der Waals surface area contributed by atoms with Gasteiger partial charge < -0.3 is 5.32 Å². The van der Waals surface area contributed by atoms with Crippen LogP contribution in [0, 0.1) is 5.92 Å². The van der Waals surface area contributed by atoms with Crippen molar-refractivity contribution < 1.29 is 9.59 Å². The first kappa shape index (κ1) is 12.4. The molecule has 0 aliphatic rings. The highest BCUT2D eigenvalue weighted by molar-refractivity contribution is 5.76. The van der Waals surface area contributed by atoms with Crippen molar-refractivity contribution in [3.63, 3.8) is 0 Å². The van der Waals surface area contributed by atoms with E-state index in [2.05, 4.69) is 29.5 Å². The summed E-state index contributed by atoms with van der Waals surface area (Å²) in [6.45, 7) is 4.95. The van der Waals surface area contributed by atoms with Gasteiger partial charge >= 0.3 is 0 Å². The molecule has 0 atom stereocenters. The summed E-state index contributed by atoms with van der Waals surface area (Å²) >= 11 is 0. The van der Waals surface area contributed by atoms with Crippen molar-refractivity contribution in [3.8, 4) is 0 Å². The number of nitrogens with one attached hydrogen (secondary N) is 1. The first-order valence-electron chi connectivity index (χ1n) is 5.24. The lowest BCUT2D eigenvalue weighted by atomic mass is 10.1. The second-order valence-corrected chi connectivity index (χ2v) is 3.99. The second-order valence-electron chi connectivity index (χ2n) is 3.99. The molecule has 88 valence electrons. The van der Waals surface area contributed by atoms with Gasteiger partial charge in [-0.15, -0.1) is 5.10 Å². The molecule has 6 nitrogen and oxygen atoms in total. The van der Waals surface area contributed by atoms with Gasteiger partial charge in [0, 0.05) is 6.54 Å². The fourth-order valence-electron chi connectivity index (χ4n) is 1.15. The zero-order chi connectivity index (χ0) is 12.0. The van der Waals surface area contributed by atoms with Crippen LogP contribution >= 0.6 is 0 Å². The Morgan fingerprint density at radius 3 is 2.94 bits per heavy atom. The molecule has 16 heavy (non-hydrogen) atoms. The van der Waals surface area contributed by atoms with Gasteiger partial charge in [-0.3, -0.25) is 9.59 Å². The molecule has 1 aromatic heterocycles. The van der Waals surface area contributed by atoms with E-state index in [1.54, 1.807) is 0 Å². The first-order chi connectivity index (χ1) is 7.61. The predicted molar refractivity (Wildman–Crippen MR) is 57.9 cm³/mol. The summed E-state index contributed by atoms with van der Waals surface area (Å²) in [5.74, 6) is 0.441. The molecule has 0 aliphatic heterocycles. The Kier molecular flexibility index (Phi) is 4.63. The van der Waals surface area contributed by atoms with Crippen LogP contribution in [0.2, 0.25) is 0 Å². The highest BCUT2D eigenvalue weighted by atomic mass is 16.2. The molecule has 1 amide bonds. The van der Waals surface area contributed by atoms with Crippen molar-refractivity contribution in [2.45, 2.75) is 26.8 Å². The predicted octanol–water partition coefficient (Wildman–Crippen LogP) is 0.253. The monoisotopic (exact) mass is 224 g/mol. The molecule has 0 radical (unpaired) electrons. The minimum absolute atomic E-state index is 0.0962. The van der Waals surface area contributed by atoms with Crippen LogP contribution in [-0.2, 0) is 11.3 Å². The van der Waals surface area contributed by atoms with E-state index in [0.717, 1.165) is 6.42 Å². The number of nitrogens with zero attached hydrogens (tertiary/aromatic N) is 3. The summed E-state index contributed by atoms with van der Waals surface area (Å²) in [4.78, 5) is 21.7. The molecule has 0 saturated carbocycles. The molecule has 1 heterocycles. The molecule has 1 rings (SSSR count). The van der Waals surface area contributed by atoms with Crippen LogP contribution in [0.3, 0.4) is 0 Å². The lowest BCUT2D eigenvalue weighted by Crippen LogP contribution is -2.29. The molecule has 0 fully saturated rings. The van der Waals surface area contributed by atoms with E-state index in [0.29, 0.717) is 18.7 Å². The van der Waals surface area contributed by atoms with Gasteiger partial charge in [0.2, 0.25) is 5.91 Å². The average Bonchev–Trinajstić information content (AvgIpc) is 2.65. The lowest BCUT2D eigenvalue weighted by Gasteiger charge is -2.06. The van der Waals surface area contributed by atoms with Crippen LogP contribution in [0.15, 0.2) is 6.20 Å². The van der Waals surface area contributed by atoms with E-state index >= 15 is 0 Å². The molecule has 0 spiro atoms. The Bertz CT molecular complexity index is 359. The van der Waals surface area contributed by atoms with Crippen LogP contribution < -0.4 is 5.32 Å². The number of rotatable bonds is 6. The number of carbonyl (C=O) groups excluding carboxylic acids is 2. The molecule has 0 bridgehead atoms. The number of carbonyl (C=O) groups is 2. The van der Waals surface area contributed by atoms with Gasteiger partial charge in [-0.25, -0.2) is 4.68 Å². The number of aromatic nitrogens is 3. The summed E-state index contributed by atoms with van der Waals surface area (Å²) in [5, 5.41) is 9.98. The number of aldehydes is 1. The van der Waals surface area contributed by atoms with Gasteiger partial charge in [0.15, 0.2) is 6.29 Å². The zero-order valence-corrected chi connectivity index (χ0v) is 9.51. The number of hydrogen-bond acceptors (Lipinski definition) is 4. The Hall–Kier alpha value is -1.72. The van der Waals surface area contributed by atoms with Crippen molar-refractivity contribution >= 4 is 12.2 Å². The summed E-state index contributed by atoms with van der Waals surface area (Å²) in [5.41, 5.74) is 0.231. The van der Waals surface area contributed by atoms with Crippen LogP contribution in [0.4, 0.5) is 0 Å². The summed E-state index contributed by atoms with van der Waals surface area (Å²) < 4.78 is 1.34. The van der Waals surface area contributed by atoms with Gasteiger partial charge in [-0.2, -0.15) is 0 Å². The molecule has 0 aromatic carbocycles. The number of hydrogen-bond donors (Lipinski definition) is 1. The third kappa shape index (κ3) is 4.20. The van der Waals surface area contributed by atoms with E-state index in [9.17, 15) is 9.59 Å². The van der Waals surface area contributed by atoms with E-state index in [4.69, 9.17) is 0 Å². The fourth-order valence-corrected chi connectivity index (χ4v) is 1.15. The van der Waals surface area contributed by atoms with Crippen molar-refractivity contribution in [3.05, 3.63) is 11.9 Å². The van der Waals surface area contributed by atoms with Crippen molar-refractivity contribution in [1.29, 1.82) is 0 Å². The average molecular weight is 224 g/mol. The maximum Gasteiger partial charge on any atom is 0.241 e. The third-order valence-corrected chi connectivity index (χ3v) is 2.03. The largest absolute Gasteiger partial charge is 0.354 e. The molecule has 0 aliphatic carbocycles. The molecular formula is C10H16N4O2. The van der Waals surface area contributed by atoms with E-state index < -0.39 is 0 Å². The van der Waals surface area contributed by atoms with Crippen molar-refractivity contribution in [2.24, 2.45) is 5.92 Å².